The first-order chi connectivity index (χ1) is 31.6. The normalized spacial score (nSPS) is 13.3. The minimum absolute atomic E-state index is 0.0103. The second-order valence-electron chi connectivity index (χ2n) is 17.8. The minimum Gasteiger partial charge on any atom is -0.508 e. The zero-order valence-corrected chi connectivity index (χ0v) is 40.3. The van der Waals surface area contributed by atoms with Gasteiger partial charge in [-0.1, -0.05) is 140 Å². The number of carbonyl (C=O) groups excluding carboxylic acids is 6. The van der Waals surface area contributed by atoms with Gasteiger partial charge in [0.15, 0.2) is 5.96 Å². The van der Waals surface area contributed by atoms with Crippen molar-refractivity contribution in [2.24, 2.45) is 22.4 Å². The fourth-order valence-electron chi connectivity index (χ4n) is 7.58. The van der Waals surface area contributed by atoms with Crippen LogP contribution in [0.2, 0.25) is 0 Å². The molecule has 16 heteroatoms. The number of likely N-dealkylation sites (N-methyl/N-ethyl adjacent to an activating group) is 1. The van der Waals surface area contributed by atoms with Gasteiger partial charge in [-0.2, -0.15) is 0 Å². The average molecular weight is 920 g/mol. The molecule has 0 unspecified atom stereocenters. The van der Waals surface area contributed by atoms with Crippen molar-refractivity contribution in [3.63, 3.8) is 0 Å². The molecule has 11 N–H and O–H groups in total. The van der Waals surface area contributed by atoms with Gasteiger partial charge in [0, 0.05) is 32.9 Å². The Labute approximate surface area is 393 Å². The zero-order valence-electron chi connectivity index (χ0n) is 40.3. The smallest absolute Gasteiger partial charge is 0.243 e. The lowest BCUT2D eigenvalue weighted by atomic mass is 10.0. The highest BCUT2D eigenvalue weighted by Crippen LogP contribution is 2.15. The summed E-state index contributed by atoms with van der Waals surface area (Å²) < 4.78 is 0. The number of amides is 6. The van der Waals surface area contributed by atoms with Gasteiger partial charge in [-0.15, -0.1) is 0 Å². The van der Waals surface area contributed by atoms with E-state index in [1.165, 1.54) is 83.9 Å². The number of hydrogen-bond acceptors (Lipinski definition) is 8. The summed E-state index contributed by atoms with van der Waals surface area (Å²) in [4.78, 5) is 85.4. The molecule has 0 aliphatic carbocycles. The number of carbonyl (C=O) groups is 6. The molecule has 5 atom stereocenters. The maximum Gasteiger partial charge on any atom is 0.243 e. The van der Waals surface area contributed by atoms with Crippen LogP contribution in [0, 0.1) is 5.92 Å². The number of aliphatic imine (C=N–C) groups is 1. The molecule has 0 saturated carbocycles. The first-order valence-corrected chi connectivity index (χ1v) is 24.2. The molecule has 0 fully saturated rings. The van der Waals surface area contributed by atoms with Crippen LogP contribution >= 0.6 is 0 Å². The van der Waals surface area contributed by atoms with E-state index < -0.39 is 59.7 Å². The van der Waals surface area contributed by atoms with Gasteiger partial charge < -0.3 is 48.5 Å². The highest BCUT2D eigenvalue weighted by atomic mass is 16.3. The van der Waals surface area contributed by atoms with Gasteiger partial charge in [-0.3, -0.25) is 33.8 Å². The number of phenols is 1. The van der Waals surface area contributed by atoms with Crippen LogP contribution in [-0.4, -0.2) is 90.3 Å². The predicted octanol–water partition coefficient (Wildman–Crippen LogP) is 4.95. The highest BCUT2D eigenvalue weighted by molar-refractivity contribution is 5.96. The van der Waals surface area contributed by atoms with Crippen molar-refractivity contribution in [3.05, 3.63) is 65.7 Å². The van der Waals surface area contributed by atoms with Gasteiger partial charge in [-0.05, 0) is 61.8 Å². The molecule has 0 aliphatic heterocycles. The summed E-state index contributed by atoms with van der Waals surface area (Å²) in [5.41, 5.74) is 12.2. The van der Waals surface area contributed by atoms with E-state index in [9.17, 15) is 33.9 Å². The lowest BCUT2D eigenvalue weighted by molar-refractivity contribution is -0.135. The first kappa shape index (κ1) is 56.5. The Balaban J connectivity index is 2.12. The zero-order chi connectivity index (χ0) is 48.7. The monoisotopic (exact) mass is 920 g/mol. The van der Waals surface area contributed by atoms with Gasteiger partial charge in [0.2, 0.25) is 35.4 Å². The molecule has 6 amide bonds. The number of phenolic OH excluding ortho intramolecular Hbond substituents is 1. The van der Waals surface area contributed by atoms with Crippen LogP contribution in [0.5, 0.6) is 5.75 Å². The molecule has 0 bridgehead atoms. The molecule has 2 aromatic rings. The topological polar surface area (TPSA) is 259 Å². The molecule has 66 heavy (non-hydrogen) atoms. The average Bonchev–Trinajstić information content (AvgIpc) is 3.28. The standard InChI is InChI=1S/C50H81N9O7/c1-6-7-8-9-10-11-12-13-14-15-16-17-21-26-44(61)56-41(32-35(2)3)47(64)55-36(4)45(62)58-42(34-38-27-29-39(60)30-28-38)49(66)59-43(33-37-23-19-18-20-24-37)48(65)57-40(46(63)53-5)25-22-31-54-50(51)52/h18-20,23-24,27-30,35-36,40-43,60H,6-17,21-22,25-26,31-34H2,1-5H3,(H,53,63)(H,55,64)(H,56,61)(H,57,65)(H,58,62)(H,59,66)(H4,51,52,54)/t36-,40-,41-,42-,43-/m0/s1. The maximum absolute atomic E-state index is 14.2. The molecule has 2 rings (SSSR count). The quantitative estimate of drug-likeness (QED) is 0.0261. The van der Waals surface area contributed by atoms with E-state index >= 15 is 0 Å². The second kappa shape index (κ2) is 32.9. The number of rotatable bonds is 34. The van der Waals surface area contributed by atoms with Crippen LogP contribution in [-0.2, 0) is 41.6 Å². The van der Waals surface area contributed by atoms with Crippen molar-refractivity contribution in [2.45, 2.75) is 180 Å². The molecule has 0 aromatic heterocycles. The SMILES string of the molecule is CCCCCCCCCCCCCCCC(=O)N[C@@H](CC(C)C)C(=O)N[C@@H](C)C(=O)N[C@@H](Cc1ccc(O)cc1)C(=O)N[C@@H](Cc1ccccc1)C(=O)N[C@@H](CCCN=C(N)N)C(=O)NC. The molecule has 0 saturated heterocycles. The third-order valence-electron chi connectivity index (χ3n) is 11.4. The van der Waals surface area contributed by atoms with Gasteiger partial charge in [0.05, 0.1) is 0 Å². The number of benzene rings is 2. The van der Waals surface area contributed by atoms with Crippen molar-refractivity contribution in [3.8, 4) is 5.75 Å². The fourth-order valence-corrected chi connectivity index (χ4v) is 7.58. The van der Waals surface area contributed by atoms with Crippen molar-refractivity contribution in [1.82, 2.24) is 31.9 Å². The highest BCUT2D eigenvalue weighted by Gasteiger charge is 2.32. The van der Waals surface area contributed by atoms with Gasteiger partial charge in [0.1, 0.15) is 36.0 Å². The summed E-state index contributed by atoms with van der Waals surface area (Å²) in [7, 11) is 1.45. The largest absolute Gasteiger partial charge is 0.508 e. The molecule has 0 spiro atoms. The lowest BCUT2D eigenvalue weighted by Gasteiger charge is -2.27. The molecular formula is C50H81N9O7. The summed E-state index contributed by atoms with van der Waals surface area (Å²) in [6.45, 7) is 7.85. The Bertz CT molecular complexity index is 1770. The van der Waals surface area contributed by atoms with Crippen LogP contribution < -0.4 is 43.4 Å². The summed E-state index contributed by atoms with van der Waals surface area (Å²) in [6.07, 6.45) is 16.8. The maximum atomic E-state index is 14.2. The Morgan fingerprint density at radius 3 is 1.56 bits per heavy atom. The van der Waals surface area contributed by atoms with Crippen molar-refractivity contribution in [2.75, 3.05) is 13.6 Å². The predicted molar refractivity (Wildman–Crippen MR) is 261 cm³/mol. The number of guanidine groups is 1. The Hall–Kier alpha value is -5.67. The van der Waals surface area contributed by atoms with E-state index in [1.54, 1.807) is 36.4 Å². The first-order valence-electron chi connectivity index (χ1n) is 24.2. The molecule has 0 aliphatic rings. The van der Waals surface area contributed by atoms with Crippen molar-refractivity contribution in [1.29, 1.82) is 0 Å². The van der Waals surface area contributed by atoms with Crippen molar-refractivity contribution >= 4 is 41.4 Å². The number of nitrogens with zero attached hydrogens (tertiary/aromatic N) is 1. The van der Waals surface area contributed by atoms with Crippen LogP contribution in [0.3, 0.4) is 0 Å². The lowest BCUT2D eigenvalue weighted by Crippen LogP contribution is -2.59. The van der Waals surface area contributed by atoms with Gasteiger partial charge >= 0.3 is 0 Å². The van der Waals surface area contributed by atoms with Crippen LogP contribution in [0.25, 0.3) is 0 Å². The Morgan fingerprint density at radius 2 is 1.05 bits per heavy atom. The molecule has 16 nitrogen and oxygen atoms in total. The van der Waals surface area contributed by atoms with Gasteiger partial charge in [0.25, 0.3) is 0 Å². The van der Waals surface area contributed by atoms with E-state index in [0.717, 1.165) is 31.2 Å². The summed E-state index contributed by atoms with van der Waals surface area (Å²) in [5.74, 6) is -3.21. The Morgan fingerprint density at radius 1 is 0.561 bits per heavy atom. The summed E-state index contributed by atoms with van der Waals surface area (Å²) in [6, 6.07) is 9.75. The number of hydrogen-bond donors (Lipinski definition) is 9. The summed E-state index contributed by atoms with van der Waals surface area (Å²) >= 11 is 0. The minimum atomic E-state index is -1.24. The van der Waals surface area contributed by atoms with E-state index in [2.05, 4.69) is 43.8 Å². The van der Waals surface area contributed by atoms with Crippen molar-refractivity contribution < 1.29 is 33.9 Å². The summed E-state index contributed by atoms with van der Waals surface area (Å²) in [5, 5.41) is 26.4. The third kappa shape index (κ3) is 24.6. The molecule has 2 aromatic carbocycles. The van der Waals surface area contributed by atoms with E-state index in [-0.39, 0.29) is 49.3 Å². The number of nitrogens with one attached hydrogen (secondary N) is 6. The molecule has 0 radical (unpaired) electrons. The number of aromatic hydroxyl groups is 1. The number of nitrogens with two attached hydrogens (primary N) is 2. The van der Waals surface area contributed by atoms with E-state index in [1.807, 2.05) is 19.9 Å². The third-order valence-corrected chi connectivity index (χ3v) is 11.4. The van der Waals surface area contributed by atoms with Crippen LogP contribution in [0.15, 0.2) is 59.6 Å². The van der Waals surface area contributed by atoms with E-state index in [0.29, 0.717) is 24.8 Å². The molecular weight excluding hydrogens is 839 g/mol. The Kier molecular flexibility index (Phi) is 28.1. The fraction of sp³-hybridized carbons (Fsp3) is 0.620. The number of unbranched alkanes of at least 4 members (excludes halogenated alkanes) is 12. The second-order valence-corrected chi connectivity index (χ2v) is 17.8. The van der Waals surface area contributed by atoms with E-state index in [4.69, 9.17) is 11.5 Å². The van der Waals surface area contributed by atoms with Crippen LogP contribution in [0.1, 0.15) is 148 Å². The molecule has 368 valence electrons. The van der Waals surface area contributed by atoms with Crippen LogP contribution in [0.4, 0.5) is 0 Å². The van der Waals surface area contributed by atoms with Gasteiger partial charge in [-0.25, -0.2) is 0 Å². The molecule has 0 heterocycles.